The lowest BCUT2D eigenvalue weighted by atomic mass is 10.1. The molecule has 120 valence electrons. The molecule has 1 heterocycles. The molecule has 1 amide bonds. The summed E-state index contributed by atoms with van der Waals surface area (Å²) in [5.74, 6) is -0.213. The molecule has 0 saturated carbocycles. The summed E-state index contributed by atoms with van der Waals surface area (Å²) in [5, 5.41) is 16.4. The van der Waals surface area contributed by atoms with E-state index in [-0.39, 0.29) is 11.6 Å². The SMILES string of the molecule is CC1=NN(c2ccc(C)cc2)C(=O)/C1=C/c1ccc([N+](=O)[O-])cc1. The van der Waals surface area contributed by atoms with Crippen molar-refractivity contribution in [2.75, 3.05) is 5.01 Å². The largest absolute Gasteiger partial charge is 0.280 e. The number of anilines is 1. The second kappa shape index (κ2) is 6.08. The molecule has 3 rings (SSSR count). The van der Waals surface area contributed by atoms with Crippen LogP contribution in [0.25, 0.3) is 6.08 Å². The van der Waals surface area contributed by atoms with Crippen LogP contribution in [-0.4, -0.2) is 16.5 Å². The Kier molecular flexibility index (Phi) is 3.95. The maximum atomic E-state index is 12.6. The molecule has 0 bridgehead atoms. The summed E-state index contributed by atoms with van der Waals surface area (Å²) in [4.78, 5) is 22.9. The number of aryl methyl sites for hydroxylation is 1. The highest BCUT2D eigenvalue weighted by Crippen LogP contribution is 2.25. The maximum absolute atomic E-state index is 12.6. The number of amides is 1. The minimum atomic E-state index is -0.455. The molecule has 0 aromatic heterocycles. The van der Waals surface area contributed by atoms with Crippen molar-refractivity contribution < 1.29 is 9.72 Å². The van der Waals surface area contributed by atoms with E-state index in [9.17, 15) is 14.9 Å². The van der Waals surface area contributed by atoms with Gasteiger partial charge in [0.1, 0.15) is 0 Å². The molecule has 2 aromatic carbocycles. The highest BCUT2D eigenvalue weighted by molar-refractivity contribution is 6.32. The van der Waals surface area contributed by atoms with Gasteiger partial charge in [-0.15, -0.1) is 0 Å². The first kappa shape index (κ1) is 15.6. The van der Waals surface area contributed by atoms with Gasteiger partial charge in [-0.3, -0.25) is 14.9 Å². The Morgan fingerprint density at radius 3 is 2.25 bits per heavy atom. The Morgan fingerprint density at radius 2 is 1.67 bits per heavy atom. The number of nitrogens with zero attached hydrogens (tertiary/aromatic N) is 3. The number of hydrazone groups is 1. The molecule has 6 nitrogen and oxygen atoms in total. The van der Waals surface area contributed by atoms with Crippen molar-refractivity contribution in [1.82, 2.24) is 0 Å². The number of hydrogen-bond acceptors (Lipinski definition) is 4. The second-order valence-corrected chi connectivity index (χ2v) is 5.54. The van der Waals surface area contributed by atoms with Crippen LogP contribution in [-0.2, 0) is 4.79 Å². The van der Waals surface area contributed by atoms with Gasteiger partial charge in [0.15, 0.2) is 0 Å². The summed E-state index contributed by atoms with van der Waals surface area (Å²) in [7, 11) is 0. The fraction of sp³-hybridized carbons (Fsp3) is 0.111. The van der Waals surface area contributed by atoms with E-state index in [1.165, 1.54) is 17.1 Å². The number of carbonyl (C=O) groups is 1. The standard InChI is InChI=1S/C18H15N3O3/c1-12-3-7-15(8-4-12)20-18(22)17(13(2)19-20)11-14-5-9-16(10-6-14)21(23)24/h3-11H,1-2H3/b17-11+. The van der Waals surface area contributed by atoms with Crippen molar-refractivity contribution in [3.63, 3.8) is 0 Å². The van der Waals surface area contributed by atoms with Crippen LogP contribution >= 0.6 is 0 Å². The smallest absolute Gasteiger partial charge is 0.267 e. The molecule has 6 heteroatoms. The summed E-state index contributed by atoms with van der Waals surface area (Å²) < 4.78 is 0. The van der Waals surface area contributed by atoms with Crippen LogP contribution in [0.3, 0.4) is 0 Å². The third kappa shape index (κ3) is 2.94. The lowest BCUT2D eigenvalue weighted by molar-refractivity contribution is -0.384. The summed E-state index contributed by atoms with van der Waals surface area (Å²) in [6.07, 6.45) is 1.69. The average Bonchev–Trinajstić information content (AvgIpc) is 2.84. The minimum Gasteiger partial charge on any atom is -0.267 e. The molecule has 24 heavy (non-hydrogen) atoms. The normalized spacial score (nSPS) is 15.8. The number of nitro benzene ring substituents is 1. The van der Waals surface area contributed by atoms with E-state index in [0.29, 0.717) is 22.5 Å². The van der Waals surface area contributed by atoms with Crippen molar-refractivity contribution in [3.8, 4) is 0 Å². The van der Waals surface area contributed by atoms with Gasteiger partial charge in [-0.2, -0.15) is 10.1 Å². The van der Waals surface area contributed by atoms with Crippen LogP contribution in [0.4, 0.5) is 11.4 Å². The molecule has 0 fully saturated rings. The van der Waals surface area contributed by atoms with E-state index in [4.69, 9.17) is 0 Å². The van der Waals surface area contributed by atoms with Gasteiger partial charge in [0.25, 0.3) is 11.6 Å². The molecule has 1 aliphatic rings. The Balaban J connectivity index is 1.89. The first-order valence-electron chi connectivity index (χ1n) is 7.38. The molecule has 0 saturated heterocycles. The van der Waals surface area contributed by atoms with Crippen LogP contribution in [0.5, 0.6) is 0 Å². The summed E-state index contributed by atoms with van der Waals surface area (Å²) in [6.45, 7) is 3.74. The van der Waals surface area contributed by atoms with Gasteiger partial charge in [-0.1, -0.05) is 17.7 Å². The molecule has 1 aliphatic heterocycles. The molecule has 0 spiro atoms. The fourth-order valence-corrected chi connectivity index (χ4v) is 2.40. The molecule has 2 aromatic rings. The Hall–Kier alpha value is -3.28. The van der Waals surface area contributed by atoms with Gasteiger partial charge < -0.3 is 0 Å². The zero-order valence-electron chi connectivity index (χ0n) is 13.3. The van der Waals surface area contributed by atoms with Crippen molar-refractivity contribution in [1.29, 1.82) is 0 Å². The molecule has 0 radical (unpaired) electrons. The van der Waals surface area contributed by atoms with Crippen molar-refractivity contribution in [2.45, 2.75) is 13.8 Å². The lowest BCUT2D eigenvalue weighted by Gasteiger charge is -2.11. The van der Waals surface area contributed by atoms with Crippen LogP contribution in [0.1, 0.15) is 18.1 Å². The molecule has 0 atom stereocenters. The molecule has 0 N–H and O–H groups in total. The monoisotopic (exact) mass is 321 g/mol. The zero-order valence-corrected chi connectivity index (χ0v) is 13.3. The predicted octanol–water partition coefficient (Wildman–Crippen LogP) is 3.71. The Bertz CT molecular complexity index is 865. The van der Waals surface area contributed by atoms with E-state index in [0.717, 1.165) is 5.56 Å². The third-order valence-electron chi connectivity index (χ3n) is 3.76. The van der Waals surface area contributed by atoms with E-state index in [2.05, 4.69) is 5.10 Å². The number of rotatable bonds is 3. The number of hydrogen-bond donors (Lipinski definition) is 0. The van der Waals surface area contributed by atoms with Crippen LogP contribution in [0.2, 0.25) is 0 Å². The maximum Gasteiger partial charge on any atom is 0.280 e. The number of non-ortho nitro benzene ring substituents is 1. The topological polar surface area (TPSA) is 75.8 Å². The van der Waals surface area contributed by atoms with Gasteiger partial charge in [0, 0.05) is 12.1 Å². The Labute approximate surface area is 138 Å². The highest BCUT2D eigenvalue weighted by atomic mass is 16.6. The number of nitro groups is 1. The number of carbonyl (C=O) groups excluding carboxylic acids is 1. The second-order valence-electron chi connectivity index (χ2n) is 5.54. The van der Waals surface area contributed by atoms with Crippen molar-refractivity contribution in [2.24, 2.45) is 5.10 Å². The van der Waals surface area contributed by atoms with Crippen LogP contribution in [0.15, 0.2) is 59.2 Å². The summed E-state index contributed by atoms with van der Waals surface area (Å²) in [6, 6.07) is 13.6. The van der Waals surface area contributed by atoms with E-state index in [1.807, 2.05) is 31.2 Å². The molecule has 0 unspecified atom stereocenters. The first-order valence-corrected chi connectivity index (χ1v) is 7.38. The highest BCUT2D eigenvalue weighted by Gasteiger charge is 2.28. The van der Waals surface area contributed by atoms with Gasteiger partial charge >= 0.3 is 0 Å². The van der Waals surface area contributed by atoms with E-state index in [1.54, 1.807) is 25.1 Å². The molecule has 0 aliphatic carbocycles. The van der Waals surface area contributed by atoms with E-state index >= 15 is 0 Å². The Morgan fingerprint density at radius 1 is 1.04 bits per heavy atom. The minimum absolute atomic E-state index is 0.0153. The molecular weight excluding hydrogens is 306 g/mol. The van der Waals surface area contributed by atoms with E-state index < -0.39 is 4.92 Å². The van der Waals surface area contributed by atoms with Gasteiger partial charge in [-0.25, -0.2) is 0 Å². The predicted molar refractivity (Wildman–Crippen MR) is 92.8 cm³/mol. The molecular formula is C18H15N3O3. The summed E-state index contributed by atoms with van der Waals surface area (Å²) in [5.41, 5.74) is 3.62. The van der Waals surface area contributed by atoms with Crippen LogP contribution in [0, 0.1) is 17.0 Å². The van der Waals surface area contributed by atoms with Gasteiger partial charge in [0.2, 0.25) is 0 Å². The zero-order chi connectivity index (χ0) is 17.3. The summed E-state index contributed by atoms with van der Waals surface area (Å²) >= 11 is 0. The van der Waals surface area contributed by atoms with Crippen molar-refractivity contribution in [3.05, 3.63) is 75.3 Å². The quantitative estimate of drug-likeness (QED) is 0.491. The third-order valence-corrected chi connectivity index (χ3v) is 3.76. The number of benzene rings is 2. The fourth-order valence-electron chi connectivity index (χ4n) is 2.40. The first-order chi connectivity index (χ1) is 11.5. The van der Waals surface area contributed by atoms with Gasteiger partial charge in [-0.05, 0) is 49.8 Å². The lowest BCUT2D eigenvalue weighted by Crippen LogP contribution is -2.21. The van der Waals surface area contributed by atoms with Crippen molar-refractivity contribution >= 4 is 29.1 Å². The van der Waals surface area contributed by atoms with Crippen LogP contribution < -0.4 is 5.01 Å². The average molecular weight is 321 g/mol. The van der Waals surface area contributed by atoms with Gasteiger partial charge in [0.05, 0.1) is 21.9 Å².